The quantitative estimate of drug-likeness (QED) is 0.748. The molecule has 25 heavy (non-hydrogen) atoms. The second-order valence-corrected chi connectivity index (χ2v) is 5.76. The molecular weight excluding hydrogens is 318 g/mol. The number of ether oxygens (including phenoxy) is 1. The summed E-state index contributed by atoms with van der Waals surface area (Å²) in [6, 6.07) is 15.3. The van der Waals surface area contributed by atoms with Crippen LogP contribution in [0.1, 0.15) is 17.0 Å². The van der Waals surface area contributed by atoms with Gasteiger partial charge in [-0.2, -0.15) is 4.98 Å². The SMILES string of the molecule is Cc1ccc(OCC(=O)NCc2nc(-c3cccc(C)c3)no2)cc1. The number of aryl methyl sites for hydroxylation is 2. The minimum Gasteiger partial charge on any atom is -0.484 e. The topological polar surface area (TPSA) is 77.2 Å². The van der Waals surface area contributed by atoms with Crippen LogP contribution >= 0.6 is 0 Å². The van der Waals surface area contributed by atoms with Crippen molar-refractivity contribution in [1.82, 2.24) is 15.5 Å². The van der Waals surface area contributed by atoms with Crippen molar-refractivity contribution in [2.45, 2.75) is 20.4 Å². The Hall–Kier alpha value is -3.15. The van der Waals surface area contributed by atoms with E-state index in [4.69, 9.17) is 9.26 Å². The molecule has 1 heterocycles. The van der Waals surface area contributed by atoms with Crippen molar-refractivity contribution in [1.29, 1.82) is 0 Å². The van der Waals surface area contributed by atoms with Gasteiger partial charge in [-0.1, -0.05) is 46.6 Å². The zero-order valence-corrected chi connectivity index (χ0v) is 14.2. The fraction of sp³-hybridized carbons (Fsp3) is 0.211. The number of amides is 1. The summed E-state index contributed by atoms with van der Waals surface area (Å²) in [6.07, 6.45) is 0. The van der Waals surface area contributed by atoms with Gasteiger partial charge >= 0.3 is 0 Å². The number of aromatic nitrogens is 2. The van der Waals surface area contributed by atoms with Crippen molar-refractivity contribution in [3.63, 3.8) is 0 Å². The average Bonchev–Trinajstić information content (AvgIpc) is 3.08. The molecular formula is C19H19N3O3. The molecule has 0 bridgehead atoms. The molecule has 128 valence electrons. The monoisotopic (exact) mass is 337 g/mol. The van der Waals surface area contributed by atoms with E-state index in [2.05, 4.69) is 15.5 Å². The zero-order valence-electron chi connectivity index (χ0n) is 14.2. The van der Waals surface area contributed by atoms with Crippen molar-refractivity contribution in [2.24, 2.45) is 0 Å². The van der Waals surface area contributed by atoms with Crippen LogP contribution in [0.25, 0.3) is 11.4 Å². The third kappa shape index (κ3) is 4.67. The molecule has 0 saturated carbocycles. The van der Waals surface area contributed by atoms with E-state index in [1.54, 1.807) is 0 Å². The van der Waals surface area contributed by atoms with Gasteiger partial charge < -0.3 is 14.6 Å². The molecule has 0 unspecified atom stereocenters. The van der Waals surface area contributed by atoms with Gasteiger partial charge in [-0.25, -0.2) is 0 Å². The van der Waals surface area contributed by atoms with Crippen LogP contribution in [0.3, 0.4) is 0 Å². The molecule has 6 nitrogen and oxygen atoms in total. The Kier molecular flexibility index (Phi) is 5.09. The van der Waals surface area contributed by atoms with E-state index in [0.717, 1.165) is 16.7 Å². The minimum absolute atomic E-state index is 0.0675. The lowest BCUT2D eigenvalue weighted by molar-refractivity contribution is -0.123. The van der Waals surface area contributed by atoms with Crippen LogP contribution in [0.5, 0.6) is 5.75 Å². The van der Waals surface area contributed by atoms with Crippen LogP contribution in [0.15, 0.2) is 53.1 Å². The Labute approximate surface area is 145 Å². The number of carbonyl (C=O) groups excluding carboxylic acids is 1. The first kappa shape index (κ1) is 16.7. The zero-order chi connectivity index (χ0) is 17.6. The number of rotatable bonds is 6. The highest BCUT2D eigenvalue weighted by Crippen LogP contribution is 2.16. The summed E-state index contributed by atoms with van der Waals surface area (Å²) in [6.45, 7) is 4.08. The highest BCUT2D eigenvalue weighted by Gasteiger charge is 2.10. The van der Waals surface area contributed by atoms with E-state index >= 15 is 0 Å². The summed E-state index contributed by atoms with van der Waals surface area (Å²) < 4.78 is 10.6. The largest absolute Gasteiger partial charge is 0.484 e. The van der Waals surface area contributed by atoms with Crippen molar-refractivity contribution in [3.8, 4) is 17.1 Å². The maximum absolute atomic E-state index is 11.9. The molecule has 1 N–H and O–H groups in total. The van der Waals surface area contributed by atoms with Crippen molar-refractivity contribution >= 4 is 5.91 Å². The van der Waals surface area contributed by atoms with E-state index in [1.165, 1.54) is 0 Å². The van der Waals surface area contributed by atoms with E-state index in [9.17, 15) is 4.79 Å². The third-order valence-corrected chi connectivity index (χ3v) is 3.57. The molecule has 6 heteroatoms. The smallest absolute Gasteiger partial charge is 0.258 e. The highest BCUT2D eigenvalue weighted by atomic mass is 16.5. The van der Waals surface area contributed by atoms with E-state index in [-0.39, 0.29) is 19.1 Å². The fourth-order valence-corrected chi connectivity index (χ4v) is 2.24. The molecule has 1 aromatic heterocycles. The summed E-state index contributed by atoms with van der Waals surface area (Å²) in [5, 5.41) is 6.64. The molecule has 0 aliphatic carbocycles. The Morgan fingerprint density at radius 2 is 1.92 bits per heavy atom. The number of benzene rings is 2. The fourth-order valence-electron chi connectivity index (χ4n) is 2.24. The second kappa shape index (κ2) is 7.61. The predicted molar refractivity (Wildman–Crippen MR) is 93.0 cm³/mol. The lowest BCUT2D eigenvalue weighted by atomic mass is 10.1. The maximum atomic E-state index is 11.9. The Morgan fingerprint density at radius 3 is 2.68 bits per heavy atom. The lowest BCUT2D eigenvalue weighted by Crippen LogP contribution is -2.28. The van der Waals surface area contributed by atoms with Gasteiger partial charge in [0.1, 0.15) is 5.75 Å². The summed E-state index contributed by atoms with van der Waals surface area (Å²) in [7, 11) is 0. The van der Waals surface area contributed by atoms with Gasteiger partial charge in [0.25, 0.3) is 5.91 Å². The van der Waals surface area contributed by atoms with Gasteiger partial charge in [0, 0.05) is 5.56 Å². The average molecular weight is 337 g/mol. The van der Waals surface area contributed by atoms with Crippen LogP contribution in [-0.2, 0) is 11.3 Å². The molecule has 3 rings (SSSR count). The molecule has 2 aromatic carbocycles. The molecule has 0 fully saturated rings. The first-order valence-corrected chi connectivity index (χ1v) is 7.96. The molecule has 0 aliphatic heterocycles. The Morgan fingerprint density at radius 1 is 1.12 bits per heavy atom. The number of carbonyl (C=O) groups is 1. The van der Waals surface area contributed by atoms with Crippen LogP contribution < -0.4 is 10.1 Å². The van der Waals surface area contributed by atoms with Gasteiger partial charge in [-0.05, 0) is 32.0 Å². The minimum atomic E-state index is -0.254. The molecule has 0 aliphatic rings. The van der Waals surface area contributed by atoms with E-state index in [1.807, 2.05) is 62.4 Å². The first-order valence-electron chi connectivity index (χ1n) is 7.96. The molecule has 3 aromatic rings. The van der Waals surface area contributed by atoms with E-state index in [0.29, 0.717) is 17.5 Å². The highest BCUT2D eigenvalue weighted by molar-refractivity contribution is 5.77. The van der Waals surface area contributed by atoms with Crippen LogP contribution in [-0.4, -0.2) is 22.7 Å². The standard InChI is InChI=1S/C19H19N3O3/c1-13-6-8-16(9-7-13)24-12-17(23)20-11-18-21-19(22-25-18)15-5-3-4-14(2)10-15/h3-10H,11-12H2,1-2H3,(H,20,23). The predicted octanol–water partition coefficient (Wildman–Crippen LogP) is 3.05. The van der Waals surface area contributed by atoms with Crippen molar-refractivity contribution in [3.05, 3.63) is 65.5 Å². The molecule has 0 saturated heterocycles. The third-order valence-electron chi connectivity index (χ3n) is 3.57. The summed E-state index contributed by atoms with van der Waals surface area (Å²) in [5.41, 5.74) is 3.13. The van der Waals surface area contributed by atoms with Crippen LogP contribution in [0.4, 0.5) is 0 Å². The van der Waals surface area contributed by atoms with Gasteiger partial charge in [0.15, 0.2) is 6.61 Å². The normalized spacial score (nSPS) is 10.5. The Bertz CT molecular complexity index is 856. The van der Waals surface area contributed by atoms with Crippen LogP contribution in [0, 0.1) is 13.8 Å². The lowest BCUT2D eigenvalue weighted by Gasteiger charge is -2.06. The van der Waals surface area contributed by atoms with Crippen molar-refractivity contribution < 1.29 is 14.1 Å². The molecule has 0 spiro atoms. The summed E-state index contributed by atoms with van der Waals surface area (Å²) in [5.74, 6) is 1.25. The van der Waals surface area contributed by atoms with Gasteiger partial charge in [0.05, 0.1) is 6.54 Å². The summed E-state index contributed by atoms with van der Waals surface area (Å²) >= 11 is 0. The maximum Gasteiger partial charge on any atom is 0.258 e. The molecule has 1 amide bonds. The summed E-state index contributed by atoms with van der Waals surface area (Å²) in [4.78, 5) is 16.1. The number of nitrogens with one attached hydrogen (secondary N) is 1. The first-order chi connectivity index (χ1) is 12.1. The van der Waals surface area contributed by atoms with Gasteiger partial charge in [0.2, 0.25) is 11.7 Å². The van der Waals surface area contributed by atoms with E-state index < -0.39 is 0 Å². The Balaban J connectivity index is 1.50. The van der Waals surface area contributed by atoms with Crippen molar-refractivity contribution in [2.75, 3.05) is 6.61 Å². The number of nitrogens with zero attached hydrogens (tertiary/aromatic N) is 2. The number of hydrogen-bond donors (Lipinski definition) is 1. The molecule has 0 atom stereocenters. The van der Waals surface area contributed by atoms with Gasteiger partial charge in [-0.15, -0.1) is 0 Å². The van der Waals surface area contributed by atoms with Crippen LogP contribution in [0.2, 0.25) is 0 Å². The van der Waals surface area contributed by atoms with Gasteiger partial charge in [-0.3, -0.25) is 4.79 Å². The molecule has 0 radical (unpaired) electrons. The number of hydrogen-bond acceptors (Lipinski definition) is 5. The second-order valence-electron chi connectivity index (χ2n) is 5.76.